The third-order valence-corrected chi connectivity index (χ3v) is 8.40. The summed E-state index contributed by atoms with van der Waals surface area (Å²) in [6, 6.07) is 11.9. The second kappa shape index (κ2) is 10.5. The number of fused-ring (bicyclic) bond motifs is 1. The molecule has 2 aromatic carbocycles. The first-order valence-corrected chi connectivity index (χ1v) is 13.9. The molecule has 0 saturated heterocycles. The molecule has 8 nitrogen and oxygen atoms in total. The van der Waals surface area contributed by atoms with Crippen LogP contribution in [-0.4, -0.2) is 40.5 Å². The molecule has 1 amide bonds. The third-order valence-electron chi connectivity index (χ3n) is 6.32. The predicted molar refractivity (Wildman–Crippen MR) is 149 cm³/mol. The molecule has 1 aliphatic rings. The molecule has 3 heterocycles. The van der Waals surface area contributed by atoms with Gasteiger partial charge >= 0.3 is 0 Å². The molecule has 0 saturated carbocycles. The van der Waals surface area contributed by atoms with E-state index in [1.54, 1.807) is 20.1 Å². The monoisotopic (exact) mass is 549 g/mol. The lowest BCUT2D eigenvalue weighted by Gasteiger charge is -2.24. The van der Waals surface area contributed by atoms with Gasteiger partial charge in [0, 0.05) is 0 Å². The molecule has 0 spiro atoms. The lowest BCUT2D eigenvalue weighted by Crippen LogP contribution is -2.31. The van der Waals surface area contributed by atoms with Crippen LogP contribution in [0.3, 0.4) is 0 Å². The van der Waals surface area contributed by atoms with Gasteiger partial charge in [-0.25, -0.2) is 9.97 Å². The first-order chi connectivity index (χ1) is 18.3. The Kier molecular flexibility index (Phi) is 7.18. The van der Waals surface area contributed by atoms with E-state index in [9.17, 15) is 14.7 Å². The Balaban J connectivity index is 1.60. The molecule has 196 valence electrons. The fourth-order valence-corrected chi connectivity index (χ4v) is 6.31. The number of anilines is 1. The van der Waals surface area contributed by atoms with E-state index in [0.29, 0.717) is 44.9 Å². The van der Waals surface area contributed by atoms with Crippen molar-refractivity contribution in [3.63, 3.8) is 0 Å². The minimum atomic E-state index is -0.871. The smallest absolute Gasteiger partial charge is 0.296 e. The number of aliphatic hydroxyl groups is 1. The number of aromatic nitrogens is 2. The van der Waals surface area contributed by atoms with E-state index >= 15 is 0 Å². The van der Waals surface area contributed by atoms with E-state index in [-0.39, 0.29) is 5.57 Å². The third kappa shape index (κ3) is 4.65. The van der Waals surface area contributed by atoms with Crippen LogP contribution in [0.4, 0.5) is 5.13 Å². The molecule has 0 bridgehead atoms. The van der Waals surface area contributed by atoms with Crippen LogP contribution in [0.2, 0.25) is 0 Å². The highest BCUT2D eigenvalue weighted by atomic mass is 32.1. The SMILES string of the molecule is CCCCOc1ccc(C2C(C(=O)c3sc(C)nc3C)=C(O)C(=O)N2c2nc3ccc(OC)cc3s2)cc1. The summed E-state index contributed by atoms with van der Waals surface area (Å²) in [5.41, 5.74) is 1.92. The number of Topliss-reactive ketones (excluding diaryl/α,β-unsaturated/α-hetero) is 1. The van der Waals surface area contributed by atoms with E-state index in [1.807, 2.05) is 43.3 Å². The number of carbonyl (C=O) groups is 2. The second-order valence-corrected chi connectivity index (χ2v) is 11.1. The predicted octanol–water partition coefficient (Wildman–Crippen LogP) is 6.34. The zero-order chi connectivity index (χ0) is 27.0. The Morgan fingerprint density at radius 3 is 2.47 bits per heavy atom. The number of aliphatic hydroxyl groups excluding tert-OH is 1. The number of carbonyl (C=O) groups excluding carboxylic acids is 2. The summed E-state index contributed by atoms with van der Waals surface area (Å²) in [5.74, 6) is -0.307. The molecule has 4 aromatic rings. The maximum absolute atomic E-state index is 13.8. The molecule has 1 N–H and O–H groups in total. The molecule has 1 unspecified atom stereocenters. The van der Waals surface area contributed by atoms with Gasteiger partial charge in [-0.3, -0.25) is 14.5 Å². The summed E-state index contributed by atoms with van der Waals surface area (Å²) < 4.78 is 12.0. The van der Waals surface area contributed by atoms with E-state index in [1.165, 1.54) is 27.6 Å². The molecule has 0 radical (unpaired) electrons. The maximum Gasteiger partial charge on any atom is 0.296 e. The maximum atomic E-state index is 13.8. The number of nitrogens with zero attached hydrogens (tertiary/aromatic N) is 3. The zero-order valence-corrected chi connectivity index (χ0v) is 23.1. The number of unbranched alkanes of at least 4 members (excludes halogenated alkanes) is 1. The number of hydrogen-bond donors (Lipinski definition) is 1. The zero-order valence-electron chi connectivity index (χ0n) is 21.5. The molecule has 38 heavy (non-hydrogen) atoms. The van der Waals surface area contributed by atoms with Gasteiger partial charge in [0.1, 0.15) is 11.5 Å². The summed E-state index contributed by atoms with van der Waals surface area (Å²) in [6.07, 6.45) is 1.97. The van der Waals surface area contributed by atoms with E-state index < -0.39 is 23.5 Å². The topological polar surface area (TPSA) is 102 Å². The van der Waals surface area contributed by atoms with Crippen molar-refractivity contribution in [2.75, 3.05) is 18.6 Å². The first-order valence-electron chi connectivity index (χ1n) is 12.2. The van der Waals surface area contributed by atoms with Gasteiger partial charge in [0.05, 0.1) is 51.1 Å². The van der Waals surface area contributed by atoms with Crippen LogP contribution in [-0.2, 0) is 4.79 Å². The van der Waals surface area contributed by atoms with Gasteiger partial charge < -0.3 is 14.6 Å². The summed E-state index contributed by atoms with van der Waals surface area (Å²) in [5, 5.41) is 12.2. The minimum Gasteiger partial charge on any atom is -0.503 e. The number of aryl methyl sites for hydroxylation is 2. The summed E-state index contributed by atoms with van der Waals surface area (Å²) in [4.78, 5) is 38.2. The number of methoxy groups -OCH3 is 1. The van der Waals surface area contributed by atoms with Crippen LogP contribution < -0.4 is 14.4 Å². The lowest BCUT2D eigenvalue weighted by atomic mass is 9.95. The average Bonchev–Trinajstić information content (AvgIpc) is 3.56. The fourth-order valence-electron chi connectivity index (χ4n) is 4.42. The van der Waals surface area contributed by atoms with Gasteiger partial charge in [0.15, 0.2) is 10.9 Å². The Bertz CT molecular complexity index is 1550. The van der Waals surface area contributed by atoms with Crippen molar-refractivity contribution in [3.8, 4) is 11.5 Å². The first kappa shape index (κ1) is 25.9. The number of ketones is 1. The van der Waals surface area contributed by atoms with Crippen LogP contribution in [0.15, 0.2) is 53.8 Å². The summed E-state index contributed by atoms with van der Waals surface area (Å²) in [7, 11) is 1.59. The minimum absolute atomic E-state index is 0.0123. The number of amides is 1. The van der Waals surface area contributed by atoms with Gasteiger partial charge in [0.25, 0.3) is 5.91 Å². The van der Waals surface area contributed by atoms with Gasteiger partial charge in [0.2, 0.25) is 5.78 Å². The van der Waals surface area contributed by atoms with E-state index in [0.717, 1.165) is 22.5 Å². The molecule has 2 aromatic heterocycles. The normalized spacial score (nSPS) is 15.5. The second-order valence-electron chi connectivity index (χ2n) is 8.92. The van der Waals surface area contributed by atoms with Gasteiger partial charge in [-0.05, 0) is 56.2 Å². The van der Waals surface area contributed by atoms with Crippen molar-refractivity contribution in [2.45, 2.75) is 39.7 Å². The highest BCUT2D eigenvalue weighted by Crippen LogP contribution is 2.45. The number of hydrogen-bond acceptors (Lipinski definition) is 9. The Morgan fingerprint density at radius 1 is 1.08 bits per heavy atom. The van der Waals surface area contributed by atoms with Crippen molar-refractivity contribution in [1.82, 2.24) is 9.97 Å². The fraction of sp³-hybridized carbons (Fsp3) is 0.286. The van der Waals surface area contributed by atoms with Gasteiger partial charge in [-0.15, -0.1) is 11.3 Å². The van der Waals surface area contributed by atoms with Crippen molar-refractivity contribution in [3.05, 3.63) is 74.9 Å². The quantitative estimate of drug-likeness (QED) is 0.192. The van der Waals surface area contributed by atoms with Crippen molar-refractivity contribution < 1.29 is 24.2 Å². The highest BCUT2D eigenvalue weighted by Gasteiger charge is 2.46. The van der Waals surface area contributed by atoms with Crippen molar-refractivity contribution >= 4 is 49.7 Å². The molecule has 10 heteroatoms. The van der Waals surface area contributed by atoms with Crippen LogP contribution in [0.25, 0.3) is 10.2 Å². The van der Waals surface area contributed by atoms with Crippen LogP contribution in [0.1, 0.15) is 51.7 Å². The Morgan fingerprint density at radius 2 is 1.82 bits per heavy atom. The molecule has 5 rings (SSSR count). The molecular weight excluding hydrogens is 522 g/mol. The molecule has 0 aliphatic carbocycles. The van der Waals surface area contributed by atoms with Crippen LogP contribution in [0.5, 0.6) is 11.5 Å². The highest BCUT2D eigenvalue weighted by molar-refractivity contribution is 7.22. The average molecular weight is 550 g/mol. The molecule has 1 aliphatic heterocycles. The Labute approximate surface area is 228 Å². The van der Waals surface area contributed by atoms with E-state index in [4.69, 9.17) is 9.47 Å². The number of rotatable bonds is 9. The van der Waals surface area contributed by atoms with Crippen LogP contribution >= 0.6 is 22.7 Å². The van der Waals surface area contributed by atoms with Gasteiger partial charge in [-0.1, -0.05) is 36.8 Å². The summed E-state index contributed by atoms with van der Waals surface area (Å²) in [6.45, 7) is 6.27. The number of thiazole rings is 2. The van der Waals surface area contributed by atoms with Crippen molar-refractivity contribution in [1.29, 1.82) is 0 Å². The number of ether oxygens (including phenoxy) is 2. The molecule has 1 atom stereocenters. The lowest BCUT2D eigenvalue weighted by molar-refractivity contribution is -0.117. The largest absolute Gasteiger partial charge is 0.503 e. The molecular formula is C28H27N3O5S2. The van der Waals surface area contributed by atoms with E-state index in [2.05, 4.69) is 16.9 Å². The number of benzene rings is 2. The standard InChI is InChI=1S/C28H27N3O5S2/c1-5-6-13-36-18-9-7-17(8-10-18)23-22(24(32)26-15(2)29-16(3)37-26)25(33)27(34)31(23)28-30-20-12-11-19(35-4)14-21(20)38-28/h7-12,14,23,33H,5-6,13H2,1-4H3. The van der Waals surface area contributed by atoms with Crippen molar-refractivity contribution in [2.24, 2.45) is 0 Å². The van der Waals surface area contributed by atoms with Gasteiger partial charge in [-0.2, -0.15) is 0 Å². The Hall–Kier alpha value is -3.76. The summed E-state index contributed by atoms with van der Waals surface area (Å²) >= 11 is 2.54. The molecule has 0 fully saturated rings. The van der Waals surface area contributed by atoms with Crippen LogP contribution in [0, 0.1) is 13.8 Å².